The summed E-state index contributed by atoms with van der Waals surface area (Å²) in [5.41, 5.74) is 1.61. The minimum absolute atomic E-state index is 0.0422. The van der Waals surface area contributed by atoms with Crippen molar-refractivity contribution in [3.05, 3.63) is 54.1 Å². The molecule has 26 heavy (non-hydrogen) atoms. The molecule has 0 aliphatic heterocycles. The van der Waals surface area contributed by atoms with Gasteiger partial charge in [-0.2, -0.15) is 0 Å². The topological polar surface area (TPSA) is 67.9 Å². The predicted octanol–water partition coefficient (Wildman–Crippen LogP) is 2.76. The molecule has 0 unspecified atom stereocenters. The molecular formula is C20H24N2O4. The van der Waals surface area contributed by atoms with Crippen LogP contribution in [0.2, 0.25) is 0 Å². The van der Waals surface area contributed by atoms with Gasteiger partial charge in [0.1, 0.15) is 18.0 Å². The average Bonchev–Trinajstić information content (AvgIpc) is 2.65. The second-order valence-corrected chi connectivity index (χ2v) is 5.66. The summed E-state index contributed by atoms with van der Waals surface area (Å²) in [6.45, 7) is 4.26. The first-order valence-electron chi connectivity index (χ1n) is 8.44. The van der Waals surface area contributed by atoms with Gasteiger partial charge in [-0.1, -0.05) is 12.1 Å². The SMILES string of the molecule is CCOc1ccc(N(CC(=O)NCc2ccc(OC)cc2)C(C)=O)cc1. The summed E-state index contributed by atoms with van der Waals surface area (Å²) in [5.74, 6) is 1.06. The fourth-order valence-corrected chi connectivity index (χ4v) is 2.42. The lowest BCUT2D eigenvalue weighted by atomic mass is 10.2. The molecule has 2 rings (SSSR count). The Morgan fingerprint density at radius 3 is 2.15 bits per heavy atom. The monoisotopic (exact) mass is 356 g/mol. The number of nitrogens with one attached hydrogen (secondary N) is 1. The molecule has 0 saturated heterocycles. The van der Waals surface area contributed by atoms with E-state index in [1.54, 1.807) is 31.4 Å². The third-order valence-corrected chi connectivity index (χ3v) is 3.79. The first-order chi connectivity index (χ1) is 12.5. The molecule has 1 N–H and O–H groups in total. The van der Waals surface area contributed by atoms with Crippen molar-refractivity contribution in [1.29, 1.82) is 0 Å². The first-order valence-corrected chi connectivity index (χ1v) is 8.44. The van der Waals surface area contributed by atoms with Gasteiger partial charge in [-0.25, -0.2) is 0 Å². The molecule has 0 aliphatic carbocycles. The van der Waals surface area contributed by atoms with Gasteiger partial charge in [-0.3, -0.25) is 9.59 Å². The van der Waals surface area contributed by atoms with Crippen molar-refractivity contribution in [2.75, 3.05) is 25.2 Å². The van der Waals surface area contributed by atoms with Crippen LogP contribution in [0.15, 0.2) is 48.5 Å². The third kappa shape index (κ3) is 5.51. The van der Waals surface area contributed by atoms with Crippen molar-refractivity contribution in [3.8, 4) is 11.5 Å². The number of benzene rings is 2. The second-order valence-electron chi connectivity index (χ2n) is 5.66. The number of hydrogen-bond acceptors (Lipinski definition) is 4. The largest absolute Gasteiger partial charge is 0.497 e. The summed E-state index contributed by atoms with van der Waals surface area (Å²) in [6.07, 6.45) is 0. The van der Waals surface area contributed by atoms with Gasteiger partial charge >= 0.3 is 0 Å². The van der Waals surface area contributed by atoms with Crippen LogP contribution in [0.3, 0.4) is 0 Å². The summed E-state index contributed by atoms with van der Waals surface area (Å²) >= 11 is 0. The summed E-state index contributed by atoms with van der Waals surface area (Å²) in [5, 5.41) is 2.82. The highest BCUT2D eigenvalue weighted by atomic mass is 16.5. The Morgan fingerprint density at radius 1 is 1.00 bits per heavy atom. The smallest absolute Gasteiger partial charge is 0.240 e. The van der Waals surface area contributed by atoms with Gasteiger partial charge < -0.3 is 19.7 Å². The highest BCUT2D eigenvalue weighted by Crippen LogP contribution is 2.19. The van der Waals surface area contributed by atoms with Gasteiger partial charge in [-0.15, -0.1) is 0 Å². The summed E-state index contributed by atoms with van der Waals surface area (Å²) in [6, 6.07) is 14.5. The van der Waals surface area contributed by atoms with Crippen molar-refractivity contribution in [1.82, 2.24) is 5.32 Å². The van der Waals surface area contributed by atoms with Crippen LogP contribution in [0.1, 0.15) is 19.4 Å². The predicted molar refractivity (Wildman–Crippen MR) is 100 cm³/mol. The Balaban J connectivity index is 1.95. The van der Waals surface area contributed by atoms with Crippen LogP contribution in [0.25, 0.3) is 0 Å². The van der Waals surface area contributed by atoms with Gasteiger partial charge in [-0.05, 0) is 48.9 Å². The van der Waals surface area contributed by atoms with Crippen LogP contribution in [-0.2, 0) is 16.1 Å². The first kappa shape index (κ1) is 19.3. The number of anilines is 1. The van der Waals surface area contributed by atoms with Crippen LogP contribution < -0.4 is 19.7 Å². The van der Waals surface area contributed by atoms with Crippen LogP contribution in [0.5, 0.6) is 11.5 Å². The molecule has 0 atom stereocenters. The molecule has 0 spiro atoms. The molecule has 2 amide bonds. The molecule has 2 aromatic rings. The number of nitrogens with zero attached hydrogens (tertiary/aromatic N) is 1. The second kappa shape index (κ2) is 9.46. The highest BCUT2D eigenvalue weighted by Gasteiger charge is 2.15. The van der Waals surface area contributed by atoms with Gasteiger partial charge in [0, 0.05) is 19.2 Å². The summed E-state index contributed by atoms with van der Waals surface area (Å²) in [7, 11) is 1.61. The molecule has 6 heteroatoms. The minimum Gasteiger partial charge on any atom is -0.497 e. The molecule has 6 nitrogen and oxygen atoms in total. The van der Waals surface area contributed by atoms with Crippen molar-refractivity contribution < 1.29 is 19.1 Å². The van der Waals surface area contributed by atoms with Crippen LogP contribution in [-0.4, -0.2) is 32.1 Å². The fraction of sp³-hybridized carbons (Fsp3) is 0.300. The number of hydrogen-bond donors (Lipinski definition) is 1. The Bertz CT molecular complexity index is 726. The highest BCUT2D eigenvalue weighted by molar-refractivity contribution is 5.97. The summed E-state index contributed by atoms with van der Waals surface area (Å²) in [4.78, 5) is 25.6. The zero-order valence-electron chi connectivity index (χ0n) is 15.3. The molecule has 0 fully saturated rings. The van der Waals surface area contributed by atoms with Crippen molar-refractivity contribution in [2.45, 2.75) is 20.4 Å². The maximum Gasteiger partial charge on any atom is 0.240 e. The quantitative estimate of drug-likeness (QED) is 0.790. The van der Waals surface area contributed by atoms with Gasteiger partial charge in [0.2, 0.25) is 11.8 Å². The van der Waals surface area contributed by atoms with Crippen LogP contribution >= 0.6 is 0 Å². The zero-order valence-corrected chi connectivity index (χ0v) is 15.3. The molecule has 0 aromatic heterocycles. The fourth-order valence-electron chi connectivity index (χ4n) is 2.42. The van der Waals surface area contributed by atoms with E-state index in [-0.39, 0.29) is 18.4 Å². The van der Waals surface area contributed by atoms with E-state index in [2.05, 4.69) is 5.32 Å². The Kier molecular flexibility index (Phi) is 7.02. The van der Waals surface area contributed by atoms with E-state index >= 15 is 0 Å². The van der Waals surface area contributed by atoms with Crippen LogP contribution in [0, 0.1) is 0 Å². The number of carbonyl (C=O) groups is 2. The van der Waals surface area contributed by atoms with Gasteiger partial charge in [0.05, 0.1) is 13.7 Å². The number of ether oxygens (including phenoxy) is 2. The molecular weight excluding hydrogens is 332 g/mol. The Labute approximate surface area is 153 Å². The molecule has 0 saturated carbocycles. The van der Waals surface area contributed by atoms with E-state index < -0.39 is 0 Å². The molecule has 138 valence electrons. The van der Waals surface area contributed by atoms with E-state index in [0.29, 0.717) is 18.8 Å². The molecule has 2 aromatic carbocycles. The number of carbonyl (C=O) groups excluding carboxylic acids is 2. The normalized spacial score (nSPS) is 10.1. The van der Waals surface area contributed by atoms with Crippen molar-refractivity contribution in [2.24, 2.45) is 0 Å². The Morgan fingerprint density at radius 2 is 1.62 bits per heavy atom. The van der Waals surface area contributed by atoms with Crippen molar-refractivity contribution >= 4 is 17.5 Å². The van der Waals surface area contributed by atoms with Gasteiger partial charge in [0.15, 0.2) is 0 Å². The lowest BCUT2D eigenvalue weighted by Crippen LogP contribution is -2.39. The lowest BCUT2D eigenvalue weighted by molar-refractivity contribution is -0.123. The summed E-state index contributed by atoms with van der Waals surface area (Å²) < 4.78 is 10.5. The maximum absolute atomic E-state index is 12.2. The molecule has 0 bridgehead atoms. The van der Waals surface area contributed by atoms with E-state index in [0.717, 1.165) is 17.1 Å². The minimum atomic E-state index is -0.232. The Hall–Kier alpha value is -3.02. The number of rotatable bonds is 8. The zero-order chi connectivity index (χ0) is 18.9. The van der Waals surface area contributed by atoms with Gasteiger partial charge in [0.25, 0.3) is 0 Å². The average molecular weight is 356 g/mol. The van der Waals surface area contributed by atoms with E-state index in [1.807, 2.05) is 31.2 Å². The van der Waals surface area contributed by atoms with E-state index in [4.69, 9.17) is 9.47 Å². The van der Waals surface area contributed by atoms with E-state index in [1.165, 1.54) is 11.8 Å². The standard InChI is InChI=1S/C20H24N2O4/c1-4-26-19-11-7-17(8-12-19)22(15(2)23)14-20(24)21-13-16-5-9-18(25-3)10-6-16/h5-12H,4,13-14H2,1-3H3,(H,21,24). The molecule has 0 aliphatic rings. The lowest BCUT2D eigenvalue weighted by Gasteiger charge is -2.21. The van der Waals surface area contributed by atoms with Crippen LogP contribution in [0.4, 0.5) is 5.69 Å². The molecule has 0 radical (unpaired) electrons. The third-order valence-electron chi connectivity index (χ3n) is 3.79. The van der Waals surface area contributed by atoms with E-state index in [9.17, 15) is 9.59 Å². The van der Waals surface area contributed by atoms with Crippen molar-refractivity contribution in [3.63, 3.8) is 0 Å². The molecule has 0 heterocycles. The maximum atomic E-state index is 12.2. The number of amides is 2. The number of methoxy groups -OCH3 is 1.